The van der Waals surface area contributed by atoms with Crippen molar-refractivity contribution in [3.63, 3.8) is 0 Å². The molecule has 0 saturated heterocycles. The second kappa shape index (κ2) is 24.2. The molecule has 67 heavy (non-hydrogen) atoms. The van der Waals surface area contributed by atoms with Crippen molar-refractivity contribution >= 4 is 89.7 Å². The fraction of sp³-hybridized carbons (Fsp3) is 0.432. The van der Waals surface area contributed by atoms with Crippen LogP contribution in [0.3, 0.4) is 0 Å². The van der Waals surface area contributed by atoms with Gasteiger partial charge in [-0.1, -0.05) is 18.2 Å². The highest BCUT2D eigenvalue weighted by Crippen LogP contribution is 2.32. The van der Waals surface area contributed by atoms with Crippen LogP contribution in [0.25, 0.3) is 0 Å². The van der Waals surface area contributed by atoms with E-state index < -0.39 is 130 Å². The quantitative estimate of drug-likeness (QED) is 0.0197. The molecule has 0 aliphatic carbocycles. The summed E-state index contributed by atoms with van der Waals surface area (Å²) in [5, 5.41) is 0. The zero-order valence-corrected chi connectivity index (χ0v) is 41.1. The predicted octanol–water partition coefficient (Wildman–Crippen LogP) is 2.85. The molecule has 0 amide bonds. The van der Waals surface area contributed by atoms with E-state index in [9.17, 15) is 78.3 Å². The van der Waals surface area contributed by atoms with Gasteiger partial charge in [0.1, 0.15) is 11.4 Å². The number of benzene rings is 2. The molecule has 30 heteroatoms. The molecule has 0 saturated carbocycles. The third kappa shape index (κ3) is 21.2. The van der Waals surface area contributed by atoms with Crippen LogP contribution in [-0.4, -0.2) is 149 Å². The minimum Gasteiger partial charge on any atom is -0.462 e. The van der Waals surface area contributed by atoms with Crippen LogP contribution in [0.2, 0.25) is 0 Å². The first-order valence-electron chi connectivity index (χ1n) is 19.3. The maximum Gasteiger partial charge on any atom is 0.338 e. The van der Waals surface area contributed by atoms with Gasteiger partial charge in [-0.05, 0) is 69.9 Å². The van der Waals surface area contributed by atoms with Crippen molar-refractivity contribution in [3.8, 4) is 0 Å². The number of rotatable bonds is 26. The van der Waals surface area contributed by atoms with Crippen molar-refractivity contribution in [2.45, 2.75) is 63.2 Å². The molecule has 0 heterocycles. The third-order valence-corrected chi connectivity index (χ3v) is 14.1. The summed E-state index contributed by atoms with van der Waals surface area (Å²) in [6, 6.07) is 3.57. The Morgan fingerprint density at radius 2 is 1.01 bits per heavy atom. The summed E-state index contributed by atoms with van der Waals surface area (Å²) in [6.45, 7) is 4.20. The van der Waals surface area contributed by atoms with Crippen molar-refractivity contribution in [2.24, 2.45) is 0 Å². The topological polar surface area (TPSA) is 385 Å². The predicted molar refractivity (Wildman–Crippen MR) is 242 cm³/mol. The third-order valence-electron chi connectivity index (χ3n) is 9.20. The second-order valence-corrected chi connectivity index (χ2v) is 23.6. The average Bonchev–Trinajstić information content (AvgIpc) is 3.16. The second-order valence-electron chi connectivity index (χ2n) is 14.5. The van der Waals surface area contributed by atoms with Gasteiger partial charge in [0.25, 0.3) is 60.7 Å². The van der Waals surface area contributed by atoms with E-state index in [0.717, 1.165) is 24.3 Å². The van der Waals surface area contributed by atoms with E-state index in [-0.39, 0.29) is 72.7 Å². The standard InChI is InChI=1S/C37H50N2O22S6/c1-26(38(14-8-18-62(42,43)44)34-24-30(66(54,55)56)22-32(28(34)3)36(40)60-16-10-20-64(48,49)50)12-6-5-7-13-27(2)39(15-9-19-63(45,46)47)35-25-31(67(57,58)59)23-33(29(35)4)37(41)61-17-11-21-65(51,52)53/h5-7,12-13,22-25H,8-11,14-21H2,1-4H3,(H5-,42,43,44,45,46,47,48,49,50,51,52,53,54,55,56,57,58,59)/p+1. The lowest BCUT2D eigenvalue weighted by atomic mass is 10.0. The van der Waals surface area contributed by atoms with Crippen molar-refractivity contribution in [2.75, 3.05) is 54.2 Å². The maximum absolute atomic E-state index is 13.1. The van der Waals surface area contributed by atoms with Gasteiger partial charge in [-0.25, -0.2) is 9.59 Å². The Kier molecular flexibility index (Phi) is 21.2. The van der Waals surface area contributed by atoms with Gasteiger partial charge in [0.05, 0.1) is 52.2 Å². The summed E-state index contributed by atoms with van der Waals surface area (Å²) in [4.78, 5) is 26.0. The van der Waals surface area contributed by atoms with Gasteiger partial charge in [0, 0.05) is 49.0 Å². The van der Waals surface area contributed by atoms with Crippen LogP contribution in [0.4, 0.5) is 11.4 Å². The largest absolute Gasteiger partial charge is 0.462 e. The van der Waals surface area contributed by atoms with Gasteiger partial charge in [0.15, 0.2) is 5.71 Å². The van der Waals surface area contributed by atoms with Crippen LogP contribution in [0.1, 0.15) is 71.4 Å². The number of esters is 2. The minimum absolute atomic E-state index is 0.0527. The monoisotopic (exact) mass is 1070 g/mol. The number of anilines is 1. The van der Waals surface area contributed by atoms with Crippen LogP contribution < -0.4 is 4.90 Å². The molecule has 2 aromatic rings. The Morgan fingerprint density at radius 3 is 1.48 bits per heavy atom. The summed E-state index contributed by atoms with van der Waals surface area (Å²) >= 11 is 0. The van der Waals surface area contributed by atoms with Gasteiger partial charge in [0.2, 0.25) is 5.69 Å². The molecule has 24 nitrogen and oxygen atoms in total. The van der Waals surface area contributed by atoms with E-state index in [1.165, 1.54) is 67.6 Å². The van der Waals surface area contributed by atoms with Gasteiger partial charge in [-0.2, -0.15) is 55.1 Å². The first-order chi connectivity index (χ1) is 30.5. The highest BCUT2D eigenvalue weighted by molar-refractivity contribution is 7.87. The molecule has 0 atom stereocenters. The van der Waals surface area contributed by atoms with Crippen molar-refractivity contribution in [3.05, 3.63) is 82.6 Å². The van der Waals surface area contributed by atoms with Gasteiger partial charge >= 0.3 is 11.9 Å². The molecule has 2 aromatic carbocycles. The lowest BCUT2D eigenvalue weighted by molar-refractivity contribution is -0.440. The van der Waals surface area contributed by atoms with Crippen LogP contribution in [-0.2, 0) is 70.2 Å². The lowest BCUT2D eigenvalue weighted by Crippen LogP contribution is -2.26. The molecular weight excluding hydrogens is 1020 g/mol. The van der Waals surface area contributed by atoms with E-state index in [0.29, 0.717) is 0 Å². The van der Waals surface area contributed by atoms with Gasteiger partial charge in [-0.3, -0.25) is 27.3 Å². The van der Waals surface area contributed by atoms with Crippen LogP contribution in [0.15, 0.2) is 70.1 Å². The molecule has 0 bridgehead atoms. The van der Waals surface area contributed by atoms with Gasteiger partial charge in [-0.15, -0.1) is 0 Å². The molecule has 0 unspecified atom stereocenters. The Morgan fingerprint density at radius 1 is 0.582 bits per heavy atom. The van der Waals surface area contributed by atoms with Crippen LogP contribution >= 0.6 is 0 Å². The van der Waals surface area contributed by atoms with E-state index in [2.05, 4.69) is 0 Å². The fourth-order valence-electron chi connectivity index (χ4n) is 6.01. The zero-order valence-electron chi connectivity index (χ0n) is 36.2. The zero-order chi connectivity index (χ0) is 51.3. The number of ether oxygens (including phenoxy) is 2. The number of carbonyl (C=O) groups is 2. The van der Waals surface area contributed by atoms with Gasteiger partial charge < -0.3 is 14.4 Å². The number of nitrogens with zero attached hydrogens (tertiary/aromatic N) is 2. The maximum atomic E-state index is 13.1. The average molecular weight is 1070 g/mol. The molecule has 0 aliphatic rings. The van der Waals surface area contributed by atoms with Crippen molar-refractivity contribution < 1.29 is 101 Å². The Balaban J connectivity index is 2.72. The van der Waals surface area contributed by atoms with E-state index in [4.69, 9.17) is 18.6 Å². The summed E-state index contributed by atoms with van der Waals surface area (Å²) in [7, 11) is -27.8. The fourth-order valence-corrected chi connectivity index (χ4v) is 9.02. The summed E-state index contributed by atoms with van der Waals surface area (Å²) in [5.74, 6) is -5.31. The smallest absolute Gasteiger partial charge is 0.338 e. The molecule has 0 radical (unpaired) electrons. The first kappa shape index (κ1) is 58.7. The normalized spacial score (nSPS) is 13.8. The molecule has 376 valence electrons. The first-order valence-corrected chi connectivity index (χ1v) is 28.6. The summed E-state index contributed by atoms with van der Waals surface area (Å²) in [5.41, 5.74) is -0.284. The van der Waals surface area contributed by atoms with Crippen molar-refractivity contribution in [1.29, 1.82) is 0 Å². The molecular formula is C37H51N2O22S6+. The molecule has 0 fully saturated rings. The number of hydrogen-bond donors (Lipinski definition) is 6. The highest BCUT2D eigenvalue weighted by atomic mass is 32.2. The summed E-state index contributed by atoms with van der Waals surface area (Å²) < 4.78 is 208. The number of allylic oxidation sites excluding steroid dienone is 6. The Bertz CT molecular complexity index is 2990. The molecule has 0 aromatic heterocycles. The SMILES string of the molecule is C\C(=C/C=C/C=C/C(C)=[N+](\CCCS(=O)(=O)O)c1cc(S(=O)(=O)O)cc(C(=O)OCCCS(=O)(=O)O)c1C)N(CCCS(=O)(=O)O)c1cc(S(=O)(=O)O)cc(C(=O)OCCCS(=O)(=O)O)c1C. The molecule has 2 rings (SSSR count). The van der Waals surface area contributed by atoms with E-state index >= 15 is 0 Å². The highest BCUT2D eigenvalue weighted by Gasteiger charge is 2.28. The van der Waals surface area contributed by atoms with Crippen LogP contribution in [0.5, 0.6) is 0 Å². The number of hydrogen-bond acceptors (Lipinski definition) is 17. The molecule has 0 aliphatic heterocycles. The molecule has 6 N–H and O–H groups in total. The number of carbonyl (C=O) groups excluding carboxylic acids is 2. The Labute approximate surface area is 389 Å². The van der Waals surface area contributed by atoms with E-state index in [1.54, 1.807) is 0 Å². The Hall–Kier alpha value is -4.47. The van der Waals surface area contributed by atoms with Crippen LogP contribution in [0, 0.1) is 13.8 Å². The summed E-state index contributed by atoms with van der Waals surface area (Å²) in [6.07, 6.45) is 6.02. The van der Waals surface area contributed by atoms with E-state index in [1.807, 2.05) is 0 Å². The van der Waals surface area contributed by atoms with Crippen molar-refractivity contribution in [1.82, 2.24) is 0 Å². The minimum atomic E-state index is -5.01. The molecule has 0 spiro atoms. The lowest BCUT2D eigenvalue weighted by Gasteiger charge is -2.28.